The summed E-state index contributed by atoms with van der Waals surface area (Å²) in [6, 6.07) is 8.45. The van der Waals surface area contributed by atoms with E-state index in [1.54, 1.807) is 7.11 Å². The summed E-state index contributed by atoms with van der Waals surface area (Å²) in [6.07, 6.45) is 6.86. The normalized spacial score (nSPS) is 25.3. The van der Waals surface area contributed by atoms with Crippen LogP contribution in [0.15, 0.2) is 24.3 Å². The highest BCUT2D eigenvalue weighted by Crippen LogP contribution is 2.27. The number of likely N-dealkylation sites (N-methyl/N-ethyl adjacent to an activating group) is 1. The van der Waals surface area contributed by atoms with Crippen LogP contribution in [0.2, 0.25) is 0 Å². The van der Waals surface area contributed by atoms with Gasteiger partial charge >= 0.3 is 0 Å². The molecule has 5 heteroatoms. The number of rotatable bonds is 4. The maximum Gasteiger partial charge on any atom is 0.241 e. The van der Waals surface area contributed by atoms with E-state index < -0.39 is 0 Å². The van der Waals surface area contributed by atoms with E-state index in [4.69, 9.17) is 4.74 Å². The smallest absolute Gasteiger partial charge is 0.241 e. The minimum atomic E-state index is -0.144. The van der Waals surface area contributed by atoms with Crippen LogP contribution in [0.5, 0.6) is 5.75 Å². The highest BCUT2D eigenvalue weighted by atomic mass is 16.5. The van der Waals surface area contributed by atoms with Crippen molar-refractivity contribution in [2.45, 2.75) is 56.7 Å². The van der Waals surface area contributed by atoms with Crippen molar-refractivity contribution in [3.05, 3.63) is 29.8 Å². The topological polar surface area (TPSA) is 53.6 Å². The first-order chi connectivity index (χ1) is 11.2. The number of methoxy groups -OCH3 is 1. The summed E-state index contributed by atoms with van der Waals surface area (Å²) >= 11 is 0. The third kappa shape index (κ3) is 3.67. The predicted molar refractivity (Wildman–Crippen MR) is 90.1 cm³/mol. The molecule has 2 fully saturated rings. The standard InChI is InChI=1S/C18H27N3O2/c1-21(14-6-4-3-5-7-14)18(22)17-12-16(19-20-17)13-8-10-15(23-2)11-9-13/h8-11,14,16-17,19-20H,3-7,12H2,1-2H3. The molecule has 2 unspecified atom stereocenters. The van der Waals surface area contributed by atoms with Crippen molar-refractivity contribution >= 4 is 5.91 Å². The molecular weight excluding hydrogens is 290 g/mol. The molecule has 2 atom stereocenters. The van der Waals surface area contributed by atoms with Gasteiger partial charge in [0.05, 0.1) is 7.11 Å². The Bertz CT molecular complexity index is 526. The lowest BCUT2D eigenvalue weighted by molar-refractivity contribution is -0.134. The van der Waals surface area contributed by atoms with E-state index in [1.807, 2.05) is 24.1 Å². The van der Waals surface area contributed by atoms with E-state index in [1.165, 1.54) is 24.8 Å². The maximum atomic E-state index is 12.7. The Balaban J connectivity index is 1.58. The Hall–Kier alpha value is -1.59. The number of benzene rings is 1. The second-order valence-corrected chi connectivity index (χ2v) is 6.64. The molecule has 1 aliphatic heterocycles. The average molecular weight is 317 g/mol. The maximum absolute atomic E-state index is 12.7. The van der Waals surface area contributed by atoms with Gasteiger partial charge in [0.25, 0.3) is 0 Å². The Labute approximate surface area is 138 Å². The molecule has 2 N–H and O–H groups in total. The number of carbonyl (C=O) groups is 1. The van der Waals surface area contributed by atoms with E-state index in [9.17, 15) is 4.79 Å². The van der Waals surface area contributed by atoms with Gasteiger partial charge in [-0.25, -0.2) is 10.9 Å². The summed E-state index contributed by atoms with van der Waals surface area (Å²) < 4.78 is 5.19. The van der Waals surface area contributed by atoms with Crippen molar-refractivity contribution in [2.75, 3.05) is 14.2 Å². The molecule has 1 aliphatic carbocycles. The summed E-state index contributed by atoms with van der Waals surface area (Å²) in [4.78, 5) is 14.7. The zero-order chi connectivity index (χ0) is 16.2. The van der Waals surface area contributed by atoms with Gasteiger partial charge in [-0.15, -0.1) is 0 Å². The molecule has 0 spiro atoms. The zero-order valence-corrected chi connectivity index (χ0v) is 14.0. The van der Waals surface area contributed by atoms with Gasteiger partial charge in [-0.2, -0.15) is 0 Å². The number of hydrazine groups is 1. The second kappa shape index (κ2) is 7.32. The van der Waals surface area contributed by atoms with Crippen LogP contribution >= 0.6 is 0 Å². The highest BCUT2D eigenvalue weighted by molar-refractivity contribution is 5.82. The molecule has 1 heterocycles. The molecule has 0 aromatic heterocycles. The Morgan fingerprint density at radius 2 is 1.83 bits per heavy atom. The van der Waals surface area contributed by atoms with Crippen molar-refractivity contribution in [3.63, 3.8) is 0 Å². The number of amides is 1. The Morgan fingerprint density at radius 1 is 1.13 bits per heavy atom. The van der Waals surface area contributed by atoms with E-state index >= 15 is 0 Å². The molecule has 2 aliphatic rings. The lowest BCUT2D eigenvalue weighted by atomic mass is 9.93. The first-order valence-corrected chi connectivity index (χ1v) is 8.60. The molecule has 1 aromatic carbocycles. The lowest BCUT2D eigenvalue weighted by Gasteiger charge is -2.32. The Kier molecular flexibility index (Phi) is 5.18. The number of ether oxygens (including phenoxy) is 1. The number of hydrogen-bond acceptors (Lipinski definition) is 4. The first kappa shape index (κ1) is 16.3. The fourth-order valence-corrected chi connectivity index (χ4v) is 3.67. The van der Waals surface area contributed by atoms with Gasteiger partial charge in [0.2, 0.25) is 5.91 Å². The van der Waals surface area contributed by atoms with Crippen molar-refractivity contribution in [2.24, 2.45) is 0 Å². The largest absolute Gasteiger partial charge is 0.497 e. The molecule has 126 valence electrons. The molecule has 5 nitrogen and oxygen atoms in total. The van der Waals surface area contributed by atoms with Crippen molar-refractivity contribution in [1.29, 1.82) is 0 Å². The van der Waals surface area contributed by atoms with Crippen LogP contribution in [0.4, 0.5) is 0 Å². The molecule has 3 rings (SSSR count). The minimum absolute atomic E-state index is 0.144. The van der Waals surface area contributed by atoms with E-state index in [2.05, 4.69) is 23.0 Å². The van der Waals surface area contributed by atoms with Crippen molar-refractivity contribution < 1.29 is 9.53 Å². The van der Waals surface area contributed by atoms with Gasteiger partial charge in [0, 0.05) is 19.1 Å². The fourth-order valence-electron chi connectivity index (χ4n) is 3.67. The summed E-state index contributed by atoms with van der Waals surface area (Å²) in [5.41, 5.74) is 7.62. The summed E-state index contributed by atoms with van der Waals surface area (Å²) in [5, 5.41) is 0. The number of carbonyl (C=O) groups excluding carboxylic acids is 1. The van der Waals surface area contributed by atoms with Gasteiger partial charge in [0.15, 0.2) is 0 Å². The molecule has 1 aromatic rings. The van der Waals surface area contributed by atoms with Crippen molar-refractivity contribution in [3.8, 4) is 5.75 Å². The summed E-state index contributed by atoms with van der Waals surface area (Å²) in [6.45, 7) is 0. The Morgan fingerprint density at radius 3 is 2.48 bits per heavy atom. The van der Waals surface area contributed by atoms with Crippen LogP contribution < -0.4 is 15.6 Å². The third-order valence-electron chi connectivity index (χ3n) is 5.19. The molecule has 1 saturated carbocycles. The molecular formula is C18H27N3O2. The van der Waals surface area contributed by atoms with Gasteiger partial charge in [-0.05, 0) is 37.0 Å². The molecule has 23 heavy (non-hydrogen) atoms. The number of nitrogens with zero attached hydrogens (tertiary/aromatic N) is 1. The number of hydrogen-bond donors (Lipinski definition) is 2. The van der Waals surface area contributed by atoms with Crippen LogP contribution in [-0.2, 0) is 4.79 Å². The average Bonchev–Trinajstić information content (AvgIpc) is 3.11. The first-order valence-electron chi connectivity index (χ1n) is 8.60. The molecule has 0 radical (unpaired) electrons. The van der Waals surface area contributed by atoms with E-state index in [-0.39, 0.29) is 18.0 Å². The van der Waals surface area contributed by atoms with Crippen LogP contribution in [0.1, 0.15) is 50.1 Å². The quantitative estimate of drug-likeness (QED) is 0.895. The van der Waals surface area contributed by atoms with Crippen LogP contribution in [0, 0.1) is 0 Å². The second-order valence-electron chi connectivity index (χ2n) is 6.64. The lowest BCUT2D eigenvalue weighted by Crippen LogP contribution is -2.48. The van der Waals surface area contributed by atoms with Crippen molar-refractivity contribution in [1.82, 2.24) is 15.8 Å². The summed E-state index contributed by atoms with van der Waals surface area (Å²) in [7, 11) is 3.63. The van der Waals surface area contributed by atoms with Gasteiger partial charge in [0.1, 0.15) is 11.8 Å². The summed E-state index contributed by atoms with van der Waals surface area (Å²) in [5.74, 6) is 1.06. The zero-order valence-electron chi connectivity index (χ0n) is 14.0. The van der Waals surface area contributed by atoms with Crippen LogP contribution in [-0.4, -0.2) is 37.0 Å². The van der Waals surface area contributed by atoms with Crippen LogP contribution in [0.25, 0.3) is 0 Å². The monoisotopic (exact) mass is 317 g/mol. The van der Waals surface area contributed by atoms with E-state index in [0.717, 1.165) is 25.0 Å². The van der Waals surface area contributed by atoms with Gasteiger partial charge < -0.3 is 9.64 Å². The SMILES string of the molecule is COc1ccc(C2CC(C(=O)N(C)C3CCCCC3)NN2)cc1. The molecule has 1 saturated heterocycles. The predicted octanol–water partition coefficient (Wildman–Crippen LogP) is 2.39. The van der Waals surface area contributed by atoms with Crippen LogP contribution in [0.3, 0.4) is 0 Å². The van der Waals surface area contributed by atoms with E-state index in [0.29, 0.717) is 6.04 Å². The number of nitrogens with one attached hydrogen (secondary N) is 2. The van der Waals surface area contributed by atoms with Gasteiger partial charge in [-0.1, -0.05) is 31.4 Å². The van der Waals surface area contributed by atoms with Gasteiger partial charge in [-0.3, -0.25) is 4.79 Å². The highest BCUT2D eigenvalue weighted by Gasteiger charge is 2.34. The molecule has 0 bridgehead atoms. The molecule has 1 amide bonds. The third-order valence-corrected chi connectivity index (χ3v) is 5.19. The minimum Gasteiger partial charge on any atom is -0.497 e. The fraction of sp³-hybridized carbons (Fsp3) is 0.611.